The molecule has 1 fully saturated rings. The van der Waals surface area contributed by atoms with Crippen LogP contribution in [0.2, 0.25) is 0 Å². The van der Waals surface area contributed by atoms with Gasteiger partial charge in [0.25, 0.3) is 0 Å². The fourth-order valence-electron chi connectivity index (χ4n) is 2.29. The first-order valence-corrected chi connectivity index (χ1v) is 6.10. The van der Waals surface area contributed by atoms with Gasteiger partial charge in [-0.2, -0.15) is 0 Å². The highest BCUT2D eigenvalue weighted by atomic mass is 16.4. The van der Waals surface area contributed by atoms with Crippen LogP contribution in [0.25, 0.3) is 0 Å². The molecule has 16 heavy (non-hydrogen) atoms. The predicted octanol–water partition coefficient (Wildman–Crippen LogP) is 3.75. The van der Waals surface area contributed by atoms with Crippen LogP contribution in [0.3, 0.4) is 0 Å². The van der Waals surface area contributed by atoms with E-state index in [4.69, 9.17) is 5.11 Å². The van der Waals surface area contributed by atoms with Crippen LogP contribution in [0.4, 0.5) is 0 Å². The molecule has 1 aliphatic carbocycles. The van der Waals surface area contributed by atoms with E-state index in [9.17, 15) is 4.79 Å². The maximum atomic E-state index is 10.4. The molecule has 0 aromatic carbocycles. The molecule has 0 heterocycles. The quantitative estimate of drug-likeness (QED) is 0.585. The monoisotopic (exact) mass is 224 g/mol. The van der Waals surface area contributed by atoms with Gasteiger partial charge in [0.15, 0.2) is 0 Å². The Hall–Kier alpha value is -1.05. The van der Waals surface area contributed by atoms with E-state index in [2.05, 4.69) is 20.4 Å². The fraction of sp³-hybridized carbons (Fsp3) is 0.643. The molecule has 0 saturated heterocycles. The summed E-state index contributed by atoms with van der Waals surface area (Å²) in [5.74, 6) is 1.23. The van der Waals surface area contributed by atoms with Gasteiger partial charge >= 0.3 is 5.97 Å². The lowest BCUT2D eigenvalue weighted by Gasteiger charge is -2.15. The van der Waals surface area contributed by atoms with E-state index in [0.717, 1.165) is 6.42 Å². The first-order valence-electron chi connectivity index (χ1n) is 6.10. The van der Waals surface area contributed by atoms with Crippen molar-refractivity contribution in [2.45, 2.75) is 34.1 Å². The summed E-state index contributed by atoms with van der Waals surface area (Å²) < 4.78 is 0. The van der Waals surface area contributed by atoms with E-state index in [1.54, 1.807) is 0 Å². The summed E-state index contributed by atoms with van der Waals surface area (Å²) in [5, 5.41) is 8.54. The summed E-state index contributed by atoms with van der Waals surface area (Å²) in [5.41, 5.74) is 0. The minimum Gasteiger partial charge on any atom is -0.478 e. The van der Waals surface area contributed by atoms with Gasteiger partial charge in [-0.15, -0.1) is 6.58 Å². The van der Waals surface area contributed by atoms with Crippen LogP contribution in [0.5, 0.6) is 0 Å². The summed E-state index contributed by atoms with van der Waals surface area (Å²) in [6.45, 7) is 12.2. The van der Waals surface area contributed by atoms with Crippen molar-refractivity contribution in [3.8, 4) is 0 Å². The van der Waals surface area contributed by atoms with E-state index in [1.807, 2.05) is 26.0 Å². The highest BCUT2D eigenvalue weighted by Crippen LogP contribution is 2.42. The number of carbonyl (C=O) groups is 1. The van der Waals surface area contributed by atoms with Crippen LogP contribution >= 0.6 is 0 Å². The maximum Gasteiger partial charge on any atom is 0.327 e. The van der Waals surface area contributed by atoms with Gasteiger partial charge in [0.05, 0.1) is 0 Å². The van der Waals surface area contributed by atoms with Crippen LogP contribution in [0.1, 0.15) is 34.1 Å². The standard InChI is InChI=1S/C12H18O2.C2H6/c1-4-10-7-11(5-6-12(13)14)9(3)8(10)2;1-2/h4-6,8-11H,1,7H2,2-3H3,(H,13,14);1-2H3/b6-5+;. The van der Waals surface area contributed by atoms with Gasteiger partial charge in [0.1, 0.15) is 0 Å². The third-order valence-corrected chi connectivity index (χ3v) is 3.51. The predicted molar refractivity (Wildman–Crippen MR) is 68.2 cm³/mol. The Labute approximate surface area is 99.1 Å². The molecule has 0 bridgehead atoms. The second-order valence-electron chi connectivity index (χ2n) is 4.21. The topological polar surface area (TPSA) is 37.3 Å². The molecule has 1 saturated carbocycles. The molecule has 4 atom stereocenters. The number of hydrogen-bond acceptors (Lipinski definition) is 1. The van der Waals surface area contributed by atoms with Crippen molar-refractivity contribution in [2.75, 3.05) is 0 Å². The van der Waals surface area contributed by atoms with E-state index in [-0.39, 0.29) is 0 Å². The molecular formula is C14H24O2. The normalized spacial score (nSPS) is 33.2. The molecule has 0 aromatic rings. The zero-order valence-electron chi connectivity index (χ0n) is 10.8. The van der Waals surface area contributed by atoms with E-state index in [0.29, 0.717) is 23.7 Å². The number of allylic oxidation sites excluding steroid dienone is 2. The molecule has 0 aliphatic heterocycles. The van der Waals surface area contributed by atoms with Crippen molar-refractivity contribution >= 4 is 5.97 Å². The van der Waals surface area contributed by atoms with Crippen molar-refractivity contribution < 1.29 is 9.90 Å². The summed E-state index contributed by atoms with van der Waals surface area (Å²) >= 11 is 0. The molecule has 0 spiro atoms. The number of rotatable bonds is 3. The molecule has 1 N–H and O–H groups in total. The molecular weight excluding hydrogens is 200 g/mol. The summed E-state index contributed by atoms with van der Waals surface area (Å²) in [6, 6.07) is 0. The minimum absolute atomic E-state index is 0.393. The minimum atomic E-state index is -0.855. The Kier molecular flexibility index (Phi) is 6.78. The zero-order valence-corrected chi connectivity index (χ0v) is 10.8. The number of carboxylic acids is 1. The Bertz CT molecular complexity index is 255. The molecule has 1 aliphatic rings. The molecule has 2 heteroatoms. The molecule has 0 amide bonds. The van der Waals surface area contributed by atoms with Crippen molar-refractivity contribution in [3.05, 3.63) is 24.8 Å². The van der Waals surface area contributed by atoms with Gasteiger partial charge in [-0.05, 0) is 30.1 Å². The highest BCUT2D eigenvalue weighted by molar-refractivity contribution is 5.79. The Morgan fingerprint density at radius 3 is 2.12 bits per heavy atom. The van der Waals surface area contributed by atoms with Gasteiger partial charge in [0.2, 0.25) is 0 Å². The molecule has 92 valence electrons. The lowest BCUT2D eigenvalue weighted by Crippen LogP contribution is -2.09. The third kappa shape index (κ3) is 3.84. The van der Waals surface area contributed by atoms with Gasteiger partial charge in [0, 0.05) is 6.08 Å². The fourth-order valence-corrected chi connectivity index (χ4v) is 2.29. The van der Waals surface area contributed by atoms with Gasteiger partial charge < -0.3 is 5.11 Å². The average molecular weight is 224 g/mol. The maximum absolute atomic E-state index is 10.4. The smallest absolute Gasteiger partial charge is 0.327 e. The Balaban J connectivity index is 0.00000106. The second-order valence-corrected chi connectivity index (χ2v) is 4.21. The summed E-state index contributed by atoms with van der Waals surface area (Å²) in [4.78, 5) is 10.4. The lowest BCUT2D eigenvalue weighted by atomic mass is 9.90. The van der Waals surface area contributed by atoms with E-state index >= 15 is 0 Å². The summed E-state index contributed by atoms with van der Waals surface area (Å²) in [7, 11) is 0. The SMILES string of the molecule is C=CC1CC(/C=C/C(=O)O)C(C)C1C.CC. The highest BCUT2D eigenvalue weighted by Gasteiger charge is 2.34. The van der Waals surface area contributed by atoms with E-state index < -0.39 is 5.97 Å². The van der Waals surface area contributed by atoms with Crippen LogP contribution < -0.4 is 0 Å². The first-order chi connectivity index (χ1) is 7.56. The van der Waals surface area contributed by atoms with Gasteiger partial charge in [-0.25, -0.2) is 4.79 Å². The van der Waals surface area contributed by atoms with E-state index in [1.165, 1.54) is 6.08 Å². The zero-order chi connectivity index (χ0) is 12.7. The summed E-state index contributed by atoms with van der Waals surface area (Å²) in [6.07, 6.45) is 6.12. The lowest BCUT2D eigenvalue weighted by molar-refractivity contribution is -0.131. The van der Waals surface area contributed by atoms with Gasteiger partial charge in [-0.3, -0.25) is 0 Å². The number of hydrogen-bond donors (Lipinski definition) is 1. The molecule has 2 nitrogen and oxygen atoms in total. The van der Waals surface area contributed by atoms with Gasteiger partial charge in [-0.1, -0.05) is 39.8 Å². The van der Waals surface area contributed by atoms with Crippen molar-refractivity contribution in [3.63, 3.8) is 0 Å². The van der Waals surface area contributed by atoms with Crippen LogP contribution in [0, 0.1) is 23.7 Å². The molecule has 4 unspecified atom stereocenters. The molecule has 0 aromatic heterocycles. The van der Waals surface area contributed by atoms with Crippen molar-refractivity contribution in [2.24, 2.45) is 23.7 Å². The average Bonchev–Trinajstić information content (AvgIpc) is 2.56. The third-order valence-electron chi connectivity index (χ3n) is 3.51. The number of carboxylic acid groups (broad SMARTS) is 1. The second kappa shape index (κ2) is 7.26. The van der Waals surface area contributed by atoms with Crippen molar-refractivity contribution in [1.29, 1.82) is 0 Å². The van der Waals surface area contributed by atoms with Crippen LogP contribution in [-0.2, 0) is 4.79 Å². The van der Waals surface area contributed by atoms with Crippen LogP contribution in [0.15, 0.2) is 24.8 Å². The first kappa shape index (κ1) is 14.9. The number of aliphatic carboxylic acids is 1. The Morgan fingerprint density at radius 1 is 1.25 bits per heavy atom. The van der Waals surface area contributed by atoms with Crippen LogP contribution in [-0.4, -0.2) is 11.1 Å². The van der Waals surface area contributed by atoms with Crippen molar-refractivity contribution in [1.82, 2.24) is 0 Å². The molecule has 0 radical (unpaired) electrons. The Morgan fingerprint density at radius 2 is 1.75 bits per heavy atom. The largest absolute Gasteiger partial charge is 0.478 e. The molecule has 1 rings (SSSR count).